The largest absolute Gasteiger partial charge is 0.338 e. The Kier molecular flexibility index (Phi) is 2.06. The normalized spacial score (nSPS) is 9.77. The predicted octanol–water partition coefficient (Wildman–Crippen LogP) is 1.86. The maximum Gasteiger partial charge on any atom is 0.241 e. The summed E-state index contributed by atoms with van der Waals surface area (Å²) in [5.74, 6) is 0.912. The monoisotopic (exact) mass is 191 g/mol. The van der Waals surface area contributed by atoms with Crippen molar-refractivity contribution in [2.24, 2.45) is 0 Å². The van der Waals surface area contributed by atoms with E-state index in [1.807, 2.05) is 22.9 Å². The van der Waals surface area contributed by atoms with Crippen molar-refractivity contribution in [1.82, 2.24) is 10.1 Å². The van der Waals surface area contributed by atoms with Crippen LogP contribution in [0.15, 0.2) is 21.3 Å². The molecule has 0 N–H and O–H groups in total. The quantitative estimate of drug-likeness (QED) is 0.726. The molecule has 0 radical (unpaired) electrons. The van der Waals surface area contributed by atoms with Crippen molar-refractivity contribution >= 4 is 11.3 Å². The summed E-state index contributed by atoms with van der Waals surface area (Å²) in [5.41, 5.74) is 0.929. The zero-order valence-electron chi connectivity index (χ0n) is 6.60. The van der Waals surface area contributed by atoms with Crippen molar-refractivity contribution < 1.29 is 4.52 Å². The van der Waals surface area contributed by atoms with Crippen LogP contribution in [0.1, 0.15) is 5.89 Å². The van der Waals surface area contributed by atoms with Gasteiger partial charge in [0.2, 0.25) is 11.7 Å². The summed E-state index contributed by atoms with van der Waals surface area (Å²) in [5, 5.41) is 16.0. The van der Waals surface area contributed by atoms with Crippen molar-refractivity contribution in [1.29, 1.82) is 5.26 Å². The molecule has 0 spiro atoms. The molecule has 64 valence electrons. The van der Waals surface area contributed by atoms with Crippen molar-refractivity contribution in [3.05, 3.63) is 22.7 Å². The van der Waals surface area contributed by atoms with E-state index in [0.717, 1.165) is 5.56 Å². The Labute approximate surface area is 78.4 Å². The van der Waals surface area contributed by atoms with Crippen molar-refractivity contribution in [3.8, 4) is 17.5 Å². The second-order valence-corrected chi connectivity index (χ2v) is 3.14. The fourth-order valence-electron chi connectivity index (χ4n) is 0.903. The summed E-state index contributed by atoms with van der Waals surface area (Å²) < 4.78 is 4.85. The zero-order valence-corrected chi connectivity index (χ0v) is 7.41. The number of thiophene rings is 1. The highest BCUT2D eigenvalue weighted by Crippen LogP contribution is 2.18. The smallest absolute Gasteiger partial charge is 0.241 e. The Balaban J connectivity index is 2.29. The molecule has 0 fully saturated rings. The van der Waals surface area contributed by atoms with Crippen molar-refractivity contribution in [2.45, 2.75) is 6.42 Å². The number of aromatic nitrogens is 2. The van der Waals surface area contributed by atoms with Crippen LogP contribution in [0.25, 0.3) is 11.4 Å². The molecule has 0 aliphatic carbocycles. The first-order valence-electron chi connectivity index (χ1n) is 3.62. The zero-order chi connectivity index (χ0) is 9.10. The van der Waals surface area contributed by atoms with Crippen LogP contribution in [0.3, 0.4) is 0 Å². The van der Waals surface area contributed by atoms with Crippen molar-refractivity contribution in [3.63, 3.8) is 0 Å². The Morgan fingerprint density at radius 1 is 1.62 bits per heavy atom. The van der Waals surface area contributed by atoms with E-state index in [1.54, 1.807) is 11.3 Å². The Hall–Kier alpha value is -1.67. The summed E-state index contributed by atoms with van der Waals surface area (Å²) in [6, 6.07) is 3.86. The van der Waals surface area contributed by atoms with E-state index in [2.05, 4.69) is 10.1 Å². The molecular formula is C8H5N3OS. The van der Waals surface area contributed by atoms with E-state index in [9.17, 15) is 0 Å². The van der Waals surface area contributed by atoms with Gasteiger partial charge in [-0.2, -0.15) is 21.6 Å². The molecule has 5 heteroatoms. The van der Waals surface area contributed by atoms with Crippen LogP contribution in [0.4, 0.5) is 0 Å². The van der Waals surface area contributed by atoms with Gasteiger partial charge in [-0.25, -0.2) is 0 Å². The average molecular weight is 191 g/mol. The number of rotatable bonds is 2. The third-order valence-corrected chi connectivity index (χ3v) is 2.16. The second-order valence-electron chi connectivity index (χ2n) is 2.36. The topological polar surface area (TPSA) is 62.7 Å². The van der Waals surface area contributed by atoms with Crippen LogP contribution in [-0.2, 0) is 6.42 Å². The minimum Gasteiger partial charge on any atom is -0.338 e. The molecule has 0 atom stereocenters. The predicted molar refractivity (Wildman–Crippen MR) is 46.9 cm³/mol. The summed E-state index contributed by atoms with van der Waals surface area (Å²) >= 11 is 1.57. The molecule has 0 aliphatic rings. The van der Waals surface area contributed by atoms with Gasteiger partial charge in [-0.15, -0.1) is 0 Å². The Morgan fingerprint density at radius 3 is 3.23 bits per heavy atom. The minimum absolute atomic E-state index is 0.164. The van der Waals surface area contributed by atoms with Crippen LogP contribution in [0, 0.1) is 11.3 Å². The summed E-state index contributed by atoms with van der Waals surface area (Å²) in [4.78, 5) is 4.05. The molecule has 4 nitrogen and oxygen atoms in total. The van der Waals surface area contributed by atoms with Crippen molar-refractivity contribution in [2.75, 3.05) is 0 Å². The molecule has 2 heterocycles. The molecule has 0 aliphatic heterocycles. The van der Waals surface area contributed by atoms with E-state index in [4.69, 9.17) is 9.78 Å². The number of nitriles is 1. The van der Waals surface area contributed by atoms with Gasteiger partial charge in [0, 0.05) is 10.9 Å². The van der Waals surface area contributed by atoms with Gasteiger partial charge in [0.05, 0.1) is 6.07 Å². The van der Waals surface area contributed by atoms with Crippen LogP contribution in [0.2, 0.25) is 0 Å². The maximum absolute atomic E-state index is 8.38. The highest BCUT2D eigenvalue weighted by Gasteiger charge is 2.07. The number of nitrogens with zero attached hydrogens (tertiary/aromatic N) is 3. The van der Waals surface area contributed by atoms with Gasteiger partial charge in [-0.3, -0.25) is 0 Å². The highest BCUT2D eigenvalue weighted by atomic mass is 32.1. The molecule has 2 aromatic rings. The van der Waals surface area contributed by atoms with Crippen LogP contribution in [0.5, 0.6) is 0 Å². The van der Waals surface area contributed by atoms with Crippen LogP contribution >= 0.6 is 11.3 Å². The third-order valence-electron chi connectivity index (χ3n) is 1.48. The van der Waals surface area contributed by atoms with Gasteiger partial charge >= 0.3 is 0 Å². The van der Waals surface area contributed by atoms with E-state index >= 15 is 0 Å². The lowest BCUT2D eigenvalue weighted by atomic mass is 10.3. The Bertz CT molecular complexity index is 426. The van der Waals surface area contributed by atoms with E-state index < -0.39 is 0 Å². The third kappa shape index (κ3) is 1.58. The Morgan fingerprint density at radius 2 is 2.54 bits per heavy atom. The highest BCUT2D eigenvalue weighted by molar-refractivity contribution is 7.08. The molecule has 0 aromatic carbocycles. The molecule has 2 aromatic heterocycles. The molecule has 0 bridgehead atoms. The fraction of sp³-hybridized carbons (Fsp3) is 0.125. The van der Waals surface area contributed by atoms with Gasteiger partial charge in [-0.05, 0) is 11.4 Å². The van der Waals surface area contributed by atoms with E-state index in [1.165, 1.54) is 0 Å². The SMILES string of the molecule is N#CCc1nc(-c2ccsc2)no1. The molecule has 0 amide bonds. The summed E-state index contributed by atoms with van der Waals surface area (Å²) in [7, 11) is 0. The first kappa shape index (κ1) is 7.95. The second kappa shape index (κ2) is 3.37. The molecular weight excluding hydrogens is 186 g/mol. The standard InChI is InChI=1S/C8H5N3OS/c9-3-1-7-10-8(11-12-7)6-2-4-13-5-6/h2,4-5H,1H2. The minimum atomic E-state index is 0.164. The van der Waals surface area contributed by atoms with Gasteiger partial charge in [-0.1, -0.05) is 5.16 Å². The lowest BCUT2D eigenvalue weighted by Gasteiger charge is -1.81. The molecule has 2 rings (SSSR count). The van der Waals surface area contributed by atoms with Gasteiger partial charge in [0.1, 0.15) is 6.42 Å². The van der Waals surface area contributed by atoms with Gasteiger partial charge < -0.3 is 4.52 Å². The summed E-state index contributed by atoms with van der Waals surface area (Å²) in [6.45, 7) is 0. The number of hydrogen-bond acceptors (Lipinski definition) is 5. The summed E-state index contributed by atoms with van der Waals surface area (Å²) in [6.07, 6.45) is 0.164. The molecule has 0 saturated heterocycles. The molecule has 0 saturated carbocycles. The van der Waals surface area contributed by atoms with Crippen LogP contribution < -0.4 is 0 Å². The van der Waals surface area contributed by atoms with Gasteiger partial charge in [0.25, 0.3) is 0 Å². The first-order valence-corrected chi connectivity index (χ1v) is 4.56. The van der Waals surface area contributed by atoms with Crippen LogP contribution in [-0.4, -0.2) is 10.1 Å². The van der Waals surface area contributed by atoms with Gasteiger partial charge in [0.15, 0.2) is 0 Å². The molecule has 0 unspecified atom stereocenters. The first-order chi connectivity index (χ1) is 6.40. The average Bonchev–Trinajstić information content (AvgIpc) is 2.70. The number of hydrogen-bond donors (Lipinski definition) is 0. The lowest BCUT2D eigenvalue weighted by Crippen LogP contribution is -1.80. The maximum atomic E-state index is 8.38. The molecule has 13 heavy (non-hydrogen) atoms. The van der Waals surface area contributed by atoms with E-state index in [-0.39, 0.29) is 6.42 Å². The lowest BCUT2D eigenvalue weighted by molar-refractivity contribution is 0.388. The fourth-order valence-corrected chi connectivity index (χ4v) is 1.54. The van der Waals surface area contributed by atoms with E-state index in [0.29, 0.717) is 11.7 Å².